The minimum absolute atomic E-state index is 0.0625. The van der Waals surface area contributed by atoms with Crippen molar-refractivity contribution in [3.63, 3.8) is 0 Å². The van der Waals surface area contributed by atoms with E-state index >= 15 is 0 Å². The molecular formula is C21H20F3N5O. The molecule has 6 nitrogen and oxygen atoms in total. The average Bonchev–Trinajstić information content (AvgIpc) is 3.20. The molecular weight excluding hydrogens is 395 g/mol. The van der Waals surface area contributed by atoms with Gasteiger partial charge in [0, 0.05) is 24.5 Å². The fraction of sp³-hybridized carbons (Fsp3) is 0.238. The van der Waals surface area contributed by atoms with Gasteiger partial charge in [-0.25, -0.2) is 4.98 Å². The van der Waals surface area contributed by atoms with Gasteiger partial charge in [-0.1, -0.05) is 18.2 Å². The molecule has 3 aromatic rings. The molecule has 0 unspecified atom stereocenters. The number of halogens is 3. The summed E-state index contributed by atoms with van der Waals surface area (Å²) in [6.45, 7) is 0.846. The molecule has 0 fully saturated rings. The van der Waals surface area contributed by atoms with E-state index < -0.39 is 11.7 Å². The van der Waals surface area contributed by atoms with E-state index in [9.17, 15) is 13.2 Å². The lowest BCUT2D eigenvalue weighted by Crippen LogP contribution is -2.13. The molecule has 0 radical (unpaired) electrons. The largest absolute Gasteiger partial charge is 0.491 e. The van der Waals surface area contributed by atoms with E-state index in [1.54, 1.807) is 6.07 Å². The molecule has 1 aliphatic rings. The van der Waals surface area contributed by atoms with Gasteiger partial charge in [0.2, 0.25) is 5.95 Å². The third-order valence-electron chi connectivity index (χ3n) is 4.82. The predicted molar refractivity (Wildman–Crippen MR) is 109 cm³/mol. The number of methoxy groups -OCH3 is 1. The van der Waals surface area contributed by atoms with E-state index in [1.807, 2.05) is 18.2 Å². The van der Waals surface area contributed by atoms with Gasteiger partial charge in [-0.2, -0.15) is 18.2 Å². The predicted octanol–water partition coefficient (Wildman–Crippen LogP) is 4.83. The van der Waals surface area contributed by atoms with Gasteiger partial charge in [-0.05, 0) is 41.8 Å². The Morgan fingerprint density at radius 1 is 1.17 bits per heavy atom. The van der Waals surface area contributed by atoms with Crippen LogP contribution < -0.4 is 20.7 Å². The maximum absolute atomic E-state index is 13.2. The zero-order valence-electron chi connectivity index (χ0n) is 16.2. The van der Waals surface area contributed by atoms with Crippen LogP contribution in [0.3, 0.4) is 0 Å². The summed E-state index contributed by atoms with van der Waals surface area (Å²) in [5, 5.41) is 9.37. The van der Waals surface area contributed by atoms with Crippen LogP contribution in [0.25, 0.3) is 0 Å². The summed E-state index contributed by atoms with van der Waals surface area (Å²) < 4.78 is 44.9. The van der Waals surface area contributed by atoms with E-state index in [-0.39, 0.29) is 12.1 Å². The molecule has 2 heterocycles. The van der Waals surface area contributed by atoms with Crippen molar-refractivity contribution < 1.29 is 17.9 Å². The SMILES string of the molecule is COc1cnc(Nc2ccc3c(c2)CCN3)nc1NCc1ccccc1C(F)(F)F. The van der Waals surface area contributed by atoms with Gasteiger partial charge in [0.1, 0.15) is 0 Å². The van der Waals surface area contributed by atoms with Gasteiger partial charge in [0.05, 0.1) is 18.9 Å². The topological polar surface area (TPSA) is 71.1 Å². The molecule has 0 spiro atoms. The Kier molecular flexibility index (Phi) is 5.35. The monoisotopic (exact) mass is 415 g/mol. The summed E-state index contributed by atoms with van der Waals surface area (Å²) in [5.74, 6) is 0.950. The first-order valence-electron chi connectivity index (χ1n) is 9.38. The van der Waals surface area contributed by atoms with Crippen molar-refractivity contribution >= 4 is 23.1 Å². The Labute approximate surface area is 171 Å². The first kappa shape index (κ1) is 19.8. The van der Waals surface area contributed by atoms with Crippen molar-refractivity contribution in [2.24, 2.45) is 0 Å². The first-order chi connectivity index (χ1) is 14.4. The quantitative estimate of drug-likeness (QED) is 0.536. The maximum Gasteiger partial charge on any atom is 0.416 e. The molecule has 0 saturated heterocycles. The number of alkyl halides is 3. The van der Waals surface area contributed by atoms with Gasteiger partial charge < -0.3 is 20.7 Å². The van der Waals surface area contributed by atoms with Gasteiger partial charge in [-0.3, -0.25) is 0 Å². The standard InChI is InChI=1S/C21H20F3N5O/c1-30-18-12-27-20(28-15-6-7-17-13(10-15)8-9-25-17)29-19(18)26-11-14-4-2-3-5-16(14)21(22,23)24/h2-7,10,12,25H,8-9,11H2,1H3,(H2,26,27,28,29). The van der Waals surface area contributed by atoms with Gasteiger partial charge in [-0.15, -0.1) is 0 Å². The Morgan fingerprint density at radius 3 is 2.80 bits per heavy atom. The number of aromatic nitrogens is 2. The summed E-state index contributed by atoms with van der Waals surface area (Å²) in [6, 6.07) is 11.4. The zero-order valence-corrected chi connectivity index (χ0v) is 16.2. The van der Waals surface area contributed by atoms with E-state index in [0.717, 1.165) is 30.4 Å². The van der Waals surface area contributed by atoms with Gasteiger partial charge in [0.15, 0.2) is 11.6 Å². The zero-order chi connectivity index (χ0) is 21.1. The number of anilines is 4. The molecule has 9 heteroatoms. The Bertz CT molecular complexity index is 1060. The van der Waals surface area contributed by atoms with Gasteiger partial charge in [0.25, 0.3) is 0 Å². The van der Waals surface area contributed by atoms with Crippen LogP contribution in [0.2, 0.25) is 0 Å². The van der Waals surface area contributed by atoms with Crippen molar-refractivity contribution in [3.8, 4) is 5.75 Å². The van der Waals surface area contributed by atoms with E-state index in [4.69, 9.17) is 4.74 Å². The Balaban J connectivity index is 1.54. The minimum Gasteiger partial charge on any atom is -0.491 e. The molecule has 0 aliphatic carbocycles. The fourth-order valence-electron chi connectivity index (χ4n) is 3.35. The second-order valence-corrected chi connectivity index (χ2v) is 6.79. The highest BCUT2D eigenvalue weighted by Gasteiger charge is 2.32. The number of nitrogens with zero attached hydrogens (tertiary/aromatic N) is 2. The highest BCUT2D eigenvalue weighted by Crippen LogP contribution is 2.33. The Hall–Kier alpha value is -3.49. The molecule has 0 atom stereocenters. The number of benzene rings is 2. The molecule has 2 aromatic carbocycles. The lowest BCUT2D eigenvalue weighted by molar-refractivity contribution is -0.138. The summed E-state index contributed by atoms with van der Waals surface area (Å²) in [6.07, 6.45) is -2.01. The van der Waals surface area contributed by atoms with Crippen molar-refractivity contribution in [1.82, 2.24) is 9.97 Å². The van der Waals surface area contributed by atoms with Gasteiger partial charge >= 0.3 is 6.18 Å². The normalized spacial score (nSPS) is 12.8. The lowest BCUT2D eigenvalue weighted by atomic mass is 10.1. The summed E-state index contributed by atoms with van der Waals surface area (Å²) in [7, 11) is 1.45. The summed E-state index contributed by atoms with van der Waals surface area (Å²) in [4.78, 5) is 8.61. The van der Waals surface area contributed by atoms with E-state index in [2.05, 4.69) is 25.9 Å². The molecule has 3 N–H and O–H groups in total. The van der Waals surface area contributed by atoms with E-state index in [0.29, 0.717) is 17.5 Å². The molecule has 0 bridgehead atoms. The maximum atomic E-state index is 13.2. The molecule has 0 amide bonds. The highest BCUT2D eigenvalue weighted by molar-refractivity contribution is 5.65. The smallest absolute Gasteiger partial charge is 0.416 e. The number of rotatable bonds is 6. The second-order valence-electron chi connectivity index (χ2n) is 6.79. The lowest BCUT2D eigenvalue weighted by Gasteiger charge is -2.15. The first-order valence-corrected chi connectivity index (χ1v) is 9.38. The van der Waals surface area contributed by atoms with E-state index in [1.165, 1.54) is 31.0 Å². The van der Waals surface area contributed by atoms with Crippen molar-refractivity contribution in [3.05, 3.63) is 65.4 Å². The number of hydrogen-bond acceptors (Lipinski definition) is 6. The van der Waals surface area contributed by atoms with Crippen molar-refractivity contribution in [1.29, 1.82) is 0 Å². The van der Waals surface area contributed by atoms with Crippen LogP contribution in [0.5, 0.6) is 5.75 Å². The average molecular weight is 415 g/mol. The van der Waals surface area contributed by atoms with Crippen LogP contribution in [0.4, 0.5) is 36.3 Å². The number of ether oxygens (including phenoxy) is 1. The molecule has 30 heavy (non-hydrogen) atoms. The van der Waals surface area contributed by atoms with Crippen LogP contribution in [0.15, 0.2) is 48.7 Å². The molecule has 4 rings (SSSR count). The third-order valence-corrected chi connectivity index (χ3v) is 4.82. The Morgan fingerprint density at radius 2 is 2.00 bits per heavy atom. The van der Waals surface area contributed by atoms with Crippen molar-refractivity contribution in [2.45, 2.75) is 19.1 Å². The minimum atomic E-state index is -4.43. The summed E-state index contributed by atoms with van der Waals surface area (Å²) in [5.41, 5.74) is 2.58. The van der Waals surface area contributed by atoms with Crippen molar-refractivity contribution in [2.75, 3.05) is 29.6 Å². The molecule has 0 saturated carbocycles. The molecule has 1 aliphatic heterocycles. The van der Waals surface area contributed by atoms with Crippen LogP contribution in [-0.4, -0.2) is 23.6 Å². The van der Waals surface area contributed by atoms with Crippen LogP contribution >= 0.6 is 0 Å². The number of nitrogens with one attached hydrogen (secondary N) is 3. The van der Waals surface area contributed by atoms with Crippen LogP contribution in [0.1, 0.15) is 16.7 Å². The second kappa shape index (κ2) is 8.10. The number of fused-ring (bicyclic) bond motifs is 1. The third kappa shape index (κ3) is 4.24. The molecule has 156 valence electrons. The summed E-state index contributed by atoms with van der Waals surface area (Å²) >= 11 is 0. The van der Waals surface area contributed by atoms with Crippen LogP contribution in [0, 0.1) is 0 Å². The number of hydrogen-bond donors (Lipinski definition) is 3. The molecule has 1 aromatic heterocycles. The highest BCUT2D eigenvalue weighted by atomic mass is 19.4. The fourth-order valence-corrected chi connectivity index (χ4v) is 3.35. The van der Waals surface area contributed by atoms with Crippen LogP contribution in [-0.2, 0) is 19.1 Å².